The number of likely N-dealkylation sites (tertiary alicyclic amines) is 1. The zero-order chi connectivity index (χ0) is 23.0. The number of piperidine rings is 1. The van der Waals surface area contributed by atoms with Gasteiger partial charge in [0.15, 0.2) is 5.82 Å². The van der Waals surface area contributed by atoms with E-state index in [1.54, 1.807) is 24.4 Å². The Bertz CT molecular complexity index is 1120. The van der Waals surface area contributed by atoms with Crippen LogP contribution in [0.25, 0.3) is 6.08 Å². The van der Waals surface area contributed by atoms with Crippen molar-refractivity contribution in [3.8, 4) is 5.75 Å². The molecule has 1 unspecified atom stereocenters. The third-order valence-electron chi connectivity index (χ3n) is 5.65. The van der Waals surface area contributed by atoms with Crippen LogP contribution in [0.2, 0.25) is 0 Å². The number of carbonyl (C=O) groups is 1. The Morgan fingerprint density at radius 2 is 2.09 bits per heavy atom. The van der Waals surface area contributed by atoms with E-state index in [1.807, 2.05) is 35.2 Å². The molecule has 4 rings (SSSR count). The highest BCUT2D eigenvalue weighted by Gasteiger charge is 2.24. The van der Waals surface area contributed by atoms with Gasteiger partial charge in [-0.15, -0.1) is 5.10 Å². The first-order chi connectivity index (χ1) is 16.1. The van der Waals surface area contributed by atoms with Crippen molar-refractivity contribution in [1.29, 1.82) is 0 Å². The van der Waals surface area contributed by atoms with E-state index in [2.05, 4.69) is 28.5 Å². The van der Waals surface area contributed by atoms with E-state index in [0.29, 0.717) is 31.9 Å². The lowest BCUT2D eigenvalue weighted by atomic mass is 9.91. The topological polar surface area (TPSA) is 67.4 Å². The van der Waals surface area contributed by atoms with Gasteiger partial charge in [-0.2, -0.15) is 5.10 Å². The molecule has 1 aliphatic heterocycles. The summed E-state index contributed by atoms with van der Waals surface area (Å²) < 4.78 is 19.2. The molecule has 0 spiro atoms. The lowest BCUT2D eigenvalue weighted by Crippen LogP contribution is -2.42. The van der Waals surface area contributed by atoms with E-state index in [9.17, 15) is 9.18 Å². The van der Waals surface area contributed by atoms with E-state index in [-0.39, 0.29) is 17.8 Å². The van der Waals surface area contributed by atoms with Crippen LogP contribution in [0.4, 0.5) is 15.0 Å². The molecule has 1 aliphatic rings. The largest absolute Gasteiger partial charge is 0.493 e. The molecule has 2 amide bonds. The van der Waals surface area contributed by atoms with E-state index in [1.165, 1.54) is 17.7 Å². The lowest BCUT2D eigenvalue weighted by molar-refractivity contribution is 0.197. The Morgan fingerprint density at radius 1 is 1.21 bits per heavy atom. The van der Waals surface area contributed by atoms with Crippen molar-refractivity contribution < 1.29 is 13.9 Å². The molecular formula is C26H27FN4O2. The Morgan fingerprint density at radius 3 is 2.88 bits per heavy atom. The predicted octanol–water partition coefficient (Wildman–Crippen LogP) is 5.19. The number of benzene rings is 2. The molecule has 0 bridgehead atoms. The number of urea groups is 1. The first-order valence-corrected chi connectivity index (χ1v) is 11.1. The average Bonchev–Trinajstić information content (AvgIpc) is 2.81. The van der Waals surface area contributed by atoms with Crippen molar-refractivity contribution in [3.05, 3.63) is 89.4 Å². The number of amides is 2. The van der Waals surface area contributed by atoms with Gasteiger partial charge in [0.2, 0.25) is 0 Å². The average molecular weight is 447 g/mol. The summed E-state index contributed by atoms with van der Waals surface area (Å²) in [7, 11) is 0. The van der Waals surface area contributed by atoms with Gasteiger partial charge in [0, 0.05) is 25.7 Å². The summed E-state index contributed by atoms with van der Waals surface area (Å²) in [5.74, 6) is 1.25. The summed E-state index contributed by atoms with van der Waals surface area (Å²) >= 11 is 0. The van der Waals surface area contributed by atoms with Crippen LogP contribution in [0.3, 0.4) is 0 Å². The summed E-state index contributed by atoms with van der Waals surface area (Å²) in [5.41, 5.74) is 3.28. The van der Waals surface area contributed by atoms with E-state index >= 15 is 0 Å². The number of aromatic nitrogens is 2. The second-order valence-electron chi connectivity index (χ2n) is 8.16. The van der Waals surface area contributed by atoms with Gasteiger partial charge in [0.25, 0.3) is 0 Å². The third kappa shape index (κ3) is 6.38. The molecule has 1 N–H and O–H groups in total. The van der Waals surface area contributed by atoms with Gasteiger partial charge >= 0.3 is 6.03 Å². The summed E-state index contributed by atoms with van der Waals surface area (Å²) in [6.45, 7) is 3.90. The molecule has 170 valence electrons. The minimum atomic E-state index is -0.229. The van der Waals surface area contributed by atoms with Crippen molar-refractivity contribution in [3.63, 3.8) is 0 Å². The number of hydrogen-bond acceptors (Lipinski definition) is 4. The number of rotatable bonds is 6. The van der Waals surface area contributed by atoms with Crippen LogP contribution in [-0.2, 0) is 6.42 Å². The number of nitrogens with one attached hydrogen (secondary N) is 1. The molecule has 1 saturated heterocycles. The number of anilines is 1. The molecular weight excluding hydrogens is 419 g/mol. The summed E-state index contributed by atoms with van der Waals surface area (Å²) in [6, 6.07) is 17.8. The predicted molar refractivity (Wildman–Crippen MR) is 126 cm³/mol. The fourth-order valence-electron chi connectivity index (χ4n) is 3.89. The highest BCUT2D eigenvalue weighted by Crippen LogP contribution is 2.26. The van der Waals surface area contributed by atoms with Gasteiger partial charge in [0.05, 0.1) is 6.61 Å². The zero-order valence-corrected chi connectivity index (χ0v) is 18.6. The molecule has 1 fully saturated rings. The smallest absolute Gasteiger partial charge is 0.323 e. The van der Waals surface area contributed by atoms with Crippen LogP contribution in [-0.4, -0.2) is 40.8 Å². The van der Waals surface area contributed by atoms with Crippen LogP contribution in [0.5, 0.6) is 5.75 Å². The van der Waals surface area contributed by atoms with Crippen molar-refractivity contribution >= 4 is 17.9 Å². The number of nitrogens with zero attached hydrogens (tertiary/aromatic N) is 3. The van der Waals surface area contributed by atoms with Crippen LogP contribution in [0.1, 0.15) is 24.5 Å². The van der Waals surface area contributed by atoms with E-state index in [0.717, 1.165) is 23.3 Å². The molecule has 2 aromatic carbocycles. The first kappa shape index (κ1) is 22.5. The van der Waals surface area contributed by atoms with Crippen LogP contribution in [0.15, 0.2) is 72.4 Å². The van der Waals surface area contributed by atoms with Gasteiger partial charge in [-0.3, -0.25) is 5.32 Å². The summed E-state index contributed by atoms with van der Waals surface area (Å²) in [6.07, 6.45) is 5.20. The van der Waals surface area contributed by atoms with Crippen molar-refractivity contribution in [2.45, 2.75) is 19.8 Å². The second-order valence-corrected chi connectivity index (χ2v) is 8.16. The number of carbonyl (C=O) groups excluding carboxylic acids is 1. The van der Waals surface area contributed by atoms with Crippen molar-refractivity contribution in [2.24, 2.45) is 5.92 Å². The maximum absolute atomic E-state index is 13.3. The highest BCUT2D eigenvalue weighted by atomic mass is 19.1. The van der Waals surface area contributed by atoms with Crippen LogP contribution in [0, 0.1) is 11.7 Å². The van der Waals surface area contributed by atoms with Gasteiger partial charge in [0.1, 0.15) is 11.6 Å². The van der Waals surface area contributed by atoms with Gasteiger partial charge in [-0.05, 0) is 59.9 Å². The molecule has 33 heavy (non-hydrogen) atoms. The number of ether oxygens (including phenoxy) is 1. The highest BCUT2D eigenvalue weighted by molar-refractivity contribution is 5.88. The molecule has 1 atom stereocenters. The molecule has 2 heterocycles. The lowest BCUT2D eigenvalue weighted by Gasteiger charge is -2.33. The number of hydrogen-bond donors (Lipinski definition) is 1. The minimum Gasteiger partial charge on any atom is -0.493 e. The van der Waals surface area contributed by atoms with Gasteiger partial charge < -0.3 is 9.64 Å². The zero-order valence-electron chi connectivity index (χ0n) is 18.6. The number of halogens is 1. The molecule has 0 aliphatic carbocycles. The van der Waals surface area contributed by atoms with Crippen molar-refractivity contribution in [2.75, 3.05) is 25.0 Å². The monoisotopic (exact) mass is 446 g/mol. The maximum Gasteiger partial charge on any atom is 0.323 e. The maximum atomic E-state index is 13.3. The summed E-state index contributed by atoms with van der Waals surface area (Å²) in [4.78, 5) is 14.3. The van der Waals surface area contributed by atoms with E-state index < -0.39 is 0 Å². The second kappa shape index (κ2) is 10.7. The molecule has 0 radical (unpaired) electrons. The van der Waals surface area contributed by atoms with Crippen molar-refractivity contribution in [1.82, 2.24) is 15.1 Å². The Hall–Kier alpha value is -3.74. The summed E-state index contributed by atoms with van der Waals surface area (Å²) in [5, 5.41) is 10.5. The van der Waals surface area contributed by atoms with Crippen LogP contribution < -0.4 is 10.1 Å². The third-order valence-corrected chi connectivity index (χ3v) is 5.65. The van der Waals surface area contributed by atoms with Crippen LogP contribution >= 0.6 is 0 Å². The fraction of sp³-hybridized carbons (Fsp3) is 0.269. The van der Waals surface area contributed by atoms with Gasteiger partial charge in [-0.1, -0.05) is 42.8 Å². The molecule has 0 saturated carbocycles. The normalized spacial score (nSPS) is 17.1. The SMILES string of the molecule is CC1CN(C(=O)Nc2cccnn2)CC/C1=C\c1cccc(OCCc2cccc(F)c2)c1. The minimum absolute atomic E-state index is 0.157. The quantitative estimate of drug-likeness (QED) is 0.566. The molecule has 3 aromatic rings. The fourth-order valence-corrected chi connectivity index (χ4v) is 3.89. The molecule has 1 aromatic heterocycles. The van der Waals surface area contributed by atoms with E-state index in [4.69, 9.17) is 4.74 Å². The Kier molecular flexibility index (Phi) is 7.29. The first-order valence-electron chi connectivity index (χ1n) is 11.1. The van der Waals surface area contributed by atoms with Gasteiger partial charge in [-0.25, -0.2) is 9.18 Å². The standard InChI is InChI=1S/C26H27FN4O2/c1-19-18-31(26(32)29-25-9-4-12-28-30-25)13-10-22(19)15-21-6-3-8-24(17-21)33-14-11-20-5-2-7-23(27)16-20/h2-9,12,15-17,19H,10-11,13-14,18H2,1H3,(H,29,30,32)/b22-15+. The Labute approximate surface area is 193 Å². The molecule has 7 heteroatoms. The Balaban J connectivity index is 1.32. The molecule has 6 nitrogen and oxygen atoms in total.